The molecule has 0 aliphatic carbocycles. The van der Waals surface area contributed by atoms with Gasteiger partial charge in [-0.2, -0.15) is 18.4 Å². The number of rotatable bonds is 7. The van der Waals surface area contributed by atoms with Crippen LogP contribution in [0.25, 0.3) is 6.08 Å². The van der Waals surface area contributed by atoms with Gasteiger partial charge in [-0.15, -0.1) is 0 Å². The Labute approximate surface area is 201 Å². The fourth-order valence-corrected chi connectivity index (χ4v) is 3.95. The number of halogens is 4. The molecule has 0 aliphatic rings. The second-order valence-electron chi connectivity index (χ2n) is 6.79. The first kappa shape index (κ1) is 25.2. The maximum Gasteiger partial charge on any atom is 0.416 e. The zero-order chi connectivity index (χ0) is 24.9. The Kier molecular flexibility index (Phi) is 7.61. The highest BCUT2D eigenvalue weighted by atomic mass is 79.9. The number of hydrogen-bond acceptors (Lipinski definition) is 5. The number of anilines is 1. The average molecular weight is 554 g/mol. The minimum atomic E-state index is -4.59. The van der Waals surface area contributed by atoms with E-state index in [2.05, 4.69) is 26.0 Å². The second kappa shape index (κ2) is 10.3. The van der Waals surface area contributed by atoms with Gasteiger partial charge < -0.3 is 9.73 Å². The van der Waals surface area contributed by atoms with Crippen molar-refractivity contribution in [3.05, 3.63) is 87.8 Å². The van der Waals surface area contributed by atoms with Crippen LogP contribution in [-0.4, -0.2) is 14.3 Å². The van der Waals surface area contributed by atoms with Crippen molar-refractivity contribution in [2.75, 3.05) is 5.32 Å². The van der Waals surface area contributed by atoms with Crippen molar-refractivity contribution in [2.45, 2.75) is 17.6 Å². The summed E-state index contributed by atoms with van der Waals surface area (Å²) in [5.74, 6) is -0.646. The van der Waals surface area contributed by atoms with Gasteiger partial charge in [0.15, 0.2) is 0 Å². The predicted molar refractivity (Wildman–Crippen MR) is 121 cm³/mol. The van der Waals surface area contributed by atoms with Crippen LogP contribution < -0.4 is 10.0 Å². The van der Waals surface area contributed by atoms with Gasteiger partial charge in [0.1, 0.15) is 23.2 Å². The largest absolute Gasteiger partial charge is 0.460 e. The molecule has 0 saturated heterocycles. The quantitative estimate of drug-likeness (QED) is 0.313. The van der Waals surface area contributed by atoms with Crippen LogP contribution in [0.3, 0.4) is 0 Å². The molecule has 1 aromatic heterocycles. The van der Waals surface area contributed by atoms with E-state index in [1.165, 1.54) is 30.3 Å². The van der Waals surface area contributed by atoms with Crippen LogP contribution in [0.4, 0.5) is 18.9 Å². The van der Waals surface area contributed by atoms with E-state index in [9.17, 15) is 31.6 Å². The van der Waals surface area contributed by atoms with Gasteiger partial charge in [0, 0.05) is 16.2 Å². The maximum absolute atomic E-state index is 12.8. The molecule has 0 bridgehead atoms. The number of nitriles is 1. The van der Waals surface area contributed by atoms with Gasteiger partial charge in [0.2, 0.25) is 10.0 Å². The van der Waals surface area contributed by atoms with Crippen molar-refractivity contribution in [3.63, 3.8) is 0 Å². The standard InChI is InChI=1S/C22H15BrF3N3O4S/c23-16-4-8-20(9-5-16)34(31,32)28-13-19-7-6-18(33-19)10-14(12-27)21(30)29-17-3-1-2-15(11-17)22(24,25)26/h1-11,28H,13H2,(H,29,30)/b14-10-. The summed E-state index contributed by atoms with van der Waals surface area (Å²) in [6.07, 6.45) is -3.49. The summed E-state index contributed by atoms with van der Waals surface area (Å²) < 4.78 is 71.7. The molecule has 12 heteroatoms. The summed E-state index contributed by atoms with van der Waals surface area (Å²) in [6, 6.07) is 14.5. The van der Waals surface area contributed by atoms with E-state index < -0.39 is 33.2 Å². The topological polar surface area (TPSA) is 112 Å². The summed E-state index contributed by atoms with van der Waals surface area (Å²) in [7, 11) is -3.80. The van der Waals surface area contributed by atoms with Crippen LogP contribution in [0.2, 0.25) is 0 Å². The summed E-state index contributed by atoms with van der Waals surface area (Å²) in [5, 5.41) is 11.5. The molecule has 0 aliphatic heterocycles. The number of hydrogen-bond donors (Lipinski definition) is 2. The van der Waals surface area contributed by atoms with Crippen LogP contribution in [-0.2, 0) is 27.5 Å². The molecule has 2 aromatic carbocycles. The van der Waals surface area contributed by atoms with Crippen LogP contribution >= 0.6 is 15.9 Å². The van der Waals surface area contributed by atoms with Gasteiger partial charge in [-0.25, -0.2) is 13.1 Å². The predicted octanol–water partition coefficient (Wildman–Crippen LogP) is 5.09. The van der Waals surface area contributed by atoms with Gasteiger partial charge >= 0.3 is 6.18 Å². The van der Waals surface area contributed by atoms with Gasteiger partial charge in [-0.1, -0.05) is 22.0 Å². The van der Waals surface area contributed by atoms with Crippen molar-refractivity contribution in [2.24, 2.45) is 0 Å². The molecule has 3 rings (SSSR count). The SMILES string of the molecule is N#C/C(=C/c1ccc(CNS(=O)(=O)c2ccc(Br)cc2)o1)C(=O)Nc1cccc(C(F)(F)F)c1. The second-order valence-corrected chi connectivity index (χ2v) is 9.47. The van der Waals surface area contributed by atoms with Gasteiger partial charge in [-0.05, 0) is 54.6 Å². The number of amides is 1. The third-order valence-corrected chi connectivity index (χ3v) is 6.29. The lowest BCUT2D eigenvalue weighted by Gasteiger charge is -2.09. The number of alkyl halides is 3. The molecule has 0 radical (unpaired) electrons. The highest BCUT2D eigenvalue weighted by molar-refractivity contribution is 9.10. The van der Waals surface area contributed by atoms with E-state index >= 15 is 0 Å². The number of furan rings is 1. The Morgan fingerprint density at radius 2 is 1.82 bits per heavy atom. The Morgan fingerprint density at radius 3 is 2.47 bits per heavy atom. The first-order valence-electron chi connectivity index (χ1n) is 9.42. The van der Waals surface area contributed by atoms with Crippen molar-refractivity contribution in [1.29, 1.82) is 5.26 Å². The monoisotopic (exact) mass is 553 g/mol. The molecule has 1 heterocycles. The van der Waals surface area contributed by atoms with E-state index in [-0.39, 0.29) is 28.6 Å². The molecule has 0 unspecified atom stereocenters. The van der Waals surface area contributed by atoms with Crippen molar-refractivity contribution < 1.29 is 30.8 Å². The first-order chi connectivity index (χ1) is 16.0. The number of sulfonamides is 1. The van der Waals surface area contributed by atoms with Crippen molar-refractivity contribution in [3.8, 4) is 6.07 Å². The lowest BCUT2D eigenvalue weighted by atomic mass is 10.1. The Bertz CT molecular complexity index is 1380. The van der Waals surface area contributed by atoms with Crippen LogP contribution in [0.5, 0.6) is 0 Å². The van der Waals surface area contributed by atoms with Crippen LogP contribution in [0.1, 0.15) is 17.1 Å². The van der Waals surface area contributed by atoms with Crippen molar-refractivity contribution in [1.82, 2.24) is 4.72 Å². The third kappa shape index (κ3) is 6.57. The fraction of sp³-hybridized carbons (Fsp3) is 0.0909. The van der Waals surface area contributed by atoms with Gasteiger partial charge in [-0.3, -0.25) is 4.79 Å². The minimum Gasteiger partial charge on any atom is -0.460 e. The summed E-state index contributed by atoms with van der Waals surface area (Å²) >= 11 is 3.22. The molecule has 7 nitrogen and oxygen atoms in total. The van der Waals surface area contributed by atoms with E-state index in [0.29, 0.717) is 0 Å². The highest BCUT2D eigenvalue weighted by Gasteiger charge is 2.30. The molecule has 0 saturated carbocycles. The molecule has 0 spiro atoms. The smallest absolute Gasteiger partial charge is 0.416 e. The highest BCUT2D eigenvalue weighted by Crippen LogP contribution is 2.30. The Hall–Kier alpha value is -3.40. The molecule has 0 fully saturated rings. The molecule has 2 N–H and O–H groups in total. The minimum absolute atomic E-state index is 0.0559. The van der Waals surface area contributed by atoms with Crippen LogP contribution in [0, 0.1) is 11.3 Å². The zero-order valence-electron chi connectivity index (χ0n) is 17.1. The summed E-state index contributed by atoms with van der Waals surface area (Å²) in [6.45, 7) is -0.190. The van der Waals surface area contributed by atoms with Crippen LogP contribution in [0.15, 0.2) is 80.0 Å². The lowest BCUT2D eigenvalue weighted by molar-refractivity contribution is -0.137. The molecule has 1 amide bonds. The fourth-order valence-electron chi connectivity index (χ4n) is 2.69. The Balaban J connectivity index is 1.68. The molecule has 0 atom stereocenters. The Morgan fingerprint density at radius 1 is 1.12 bits per heavy atom. The molecule has 3 aromatic rings. The van der Waals surface area contributed by atoms with E-state index in [1.807, 2.05) is 0 Å². The zero-order valence-corrected chi connectivity index (χ0v) is 19.5. The van der Waals surface area contributed by atoms with E-state index in [4.69, 9.17) is 4.42 Å². The molecule has 176 valence electrons. The molecular formula is C22H15BrF3N3O4S. The molecule has 34 heavy (non-hydrogen) atoms. The van der Waals surface area contributed by atoms with Gasteiger partial charge in [0.05, 0.1) is 17.0 Å². The molecular weight excluding hydrogens is 539 g/mol. The third-order valence-electron chi connectivity index (χ3n) is 4.34. The van der Waals surface area contributed by atoms with Crippen molar-refractivity contribution >= 4 is 43.6 Å². The lowest BCUT2D eigenvalue weighted by Crippen LogP contribution is -2.22. The average Bonchev–Trinajstić information content (AvgIpc) is 3.23. The number of benzene rings is 2. The number of nitrogens with zero attached hydrogens (tertiary/aromatic N) is 1. The summed E-state index contributed by atoms with van der Waals surface area (Å²) in [4.78, 5) is 12.4. The number of nitrogens with one attached hydrogen (secondary N) is 2. The van der Waals surface area contributed by atoms with Gasteiger partial charge in [0.25, 0.3) is 5.91 Å². The van der Waals surface area contributed by atoms with E-state index in [0.717, 1.165) is 28.7 Å². The number of carbonyl (C=O) groups excluding carboxylic acids is 1. The normalized spacial score (nSPS) is 12.3. The van der Waals surface area contributed by atoms with E-state index in [1.54, 1.807) is 18.2 Å². The maximum atomic E-state index is 12.8. The summed E-state index contributed by atoms with van der Waals surface area (Å²) in [5.41, 5.74) is -1.51. The first-order valence-corrected chi connectivity index (χ1v) is 11.7. The number of carbonyl (C=O) groups is 1.